The van der Waals surface area contributed by atoms with Crippen molar-refractivity contribution < 1.29 is 9.21 Å². The molecule has 0 fully saturated rings. The minimum Gasteiger partial charge on any atom is -0.452 e. The largest absolute Gasteiger partial charge is 0.452 e. The van der Waals surface area contributed by atoms with E-state index in [4.69, 9.17) is 10.2 Å². The maximum atomic E-state index is 10.7. The highest BCUT2D eigenvalue weighted by Crippen LogP contribution is 2.24. The molecule has 1 atom stereocenters. The Balaban J connectivity index is 2.01. The van der Waals surface area contributed by atoms with Crippen molar-refractivity contribution in [1.29, 1.82) is 0 Å². The topological polar surface area (TPSA) is 80.3 Å². The van der Waals surface area contributed by atoms with Gasteiger partial charge in [-0.25, -0.2) is 4.79 Å². The van der Waals surface area contributed by atoms with Crippen molar-refractivity contribution in [3.05, 3.63) is 46.8 Å². The quantitative estimate of drug-likeness (QED) is 0.802. The molecule has 2 aromatic rings. The molecule has 0 aliphatic carbocycles. The van der Waals surface area contributed by atoms with E-state index in [-0.39, 0.29) is 6.04 Å². The Kier molecular flexibility index (Phi) is 4.11. The summed E-state index contributed by atoms with van der Waals surface area (Å²) in [7, 11) is 0. The zero-order chi connectivity index (χ0) is 13.8. The molecule has 0 bridgehead atoms. The van der Waals surface area contributed by atoms with E-state index in [1.807, 2.05) is 31.2 Å². The first-order chi connectivity index (χ1) is 9.04. The van der Waals surface area contributed by atoms with Gasteiger partial charge in [0.25, 0.3) is 0 Å². The standard InChI is InChI=1S/C13H14BrN3O2/c1-8(11-6-7-12(14)19-11)16-9-2-4-10(5-3-9)17-13(15)18/h2-8,16H,1H3,(H3,15,17,18). The van der Waals surface area contributed by atoms with E-state index in [2.05, 4.69) is 26.6 Å². The maximum absolute atomic E-state index is 10.7. The van der Waals surface area contributed by atoms with Gasteiger partial charge in [0, 0.05) is 11.4 Å². The molecule has 0 aliphatic heterocycles. The molecule has 19 heavy (non-hydrogen) atoms. The number of nitrogens with two attached hydrogens (primary N) is 1. The Labute approximate surface area is 119 Å². The van der Waals surface area contributed by atoms with Crippen LogP contribution in [0.5, 0.6) is 0 Å². The average molecular weight is 324 g/mol. The van der Waals surface area contributed by atoms with Gasteiger partial charge in [0.05, 0.1) is 6.04 Å². The van der Waals surface area contributed by atoms with Crippen LogP contribution in [0.2, 0.25) is 0 Å². The molecule has 0 saturated heterocycles. The number of furan rings is 1. The number of rotatable bonds is 4. The Hall–Kier alpha value is -1.95. The van der Waals surface area contributed by atoms with Crippen molar-refractivity contribution >= 4 is 33.3 Å². The number of hydrogen-bond acceptors (Lipinski definition) is 3. The van der Waals surface area contributed by atoms with Crippen LogP contribution in [0.1, 0.15) is 18.7 Å². The third-order valence-electron chi connectivity index (χ3n) is 2.56. The lowest BCUT2D eigenvalue weighted by Crippen LogP contribution is -2.19. The van der Waals surface area contributed by atoms with Crippen molar-refractivity contribution in [3.8, 4) is 0 Å². The zero-order valence-electron chi connectivity index (χ0n) is 10.3. The average Bonchev–Trinajstić information content (AvgIpc) is 2.78. The fourth-order valence-corrected chi connectivity index (χ4v) is 1.99. The van der Waals surface area contributed by atoms with Gasteiger partial charge < -0.3 is 20.8 Å². The lowest BCUT2D eigenvalue weighted by Gasteiger charge is -2.13. The predicted molar refractivity (Wildman–Crippen MR) is 78.1 cm³/mol. The number of anilines is 2. The van der Waals surface area contributed by atoms with Gasteiger partial charge in [-0.1, -0.05) is 0 Å². The summed E-state index contributed by atoms with van der Waals surface area (Å²) in [5, 5.41) is 5.80. The summed E-state index contributed by atoms with van der Waals surface area (Å²) in [6.07, 6.45) is 0. The molecular formula is C13H14BrN3O2. The Morgan fingerprint density at radius 1 is 1.21 bits per heavy atom. The van der Waals surface area contributed by atoms with Crippen molar-refractivity contribution in [2.45, 2.75) is 13.0 Å². The van der Waals surface area contributed by atoms with Gasteiger partial charge in [0.15, 0.2) is 4.67 Å². The van der Waals surface area contributed by atoms with E-state index in [0.29, 0.717) is 10.4 Å². The Bertz CT molecular complexity index is 566. The molecule has 2 amide bonds. The summed E-state index contributed by atoms with van der Waals surface area (Å²) >= 11 is 3.27. The number of benzene rings is 1. The number of halogens is 1. The maximum Gasteiger partial charge on any atom is 0.316 e. The summed E-state index contributed by atoms with van der Waals surface area (Å²) in [4.78, 5) is 10.7. The Morgan fingerprint density at radius 2 is 1.84 bits per heavy atom. The van der Waals surface area contributed by atoms with Crippen LogP contribution < -0.4 is 16.4 Å². The van der Waals surface area contributed by atoms with Gasteiger partial charge in [-0.2, -0.15) is 0 Å². The number of nitrogens with one attached hydrogen (secondary N) is 2. The number of hydrogen-bond donors (Lipinski definition) is 3. The highest BCUT2D eigenvalue weighted by atomic mass is 79.9. The molecule has 1 unspecified atom stereocenters. The lowest BCUT2D eigenvalue weighted by molar-refractivity contribution is 0.259. The first-order valence-corrected chi connectivity index (χ1v) is 6.52. The SMILES string of the molecule is CC(Nc1ccc(NC(N)=O)cc1)c1ccc(Br)o1. The smallest absolute Gasteiger partial charge is 0.316 e. The van der Waals surface area contributed by atoms with E-state index < -0.39 is 6.03 Å². The fraction of sp³-hybridized carbons (Fsp3) is 0.154. The molecule has 0 aliphatic rings. The predicted octanol–water partition coefficient (Wildman–Crippen LogP) is 3.71. The zero-order valence-corrected chi connectivity index (χ0v) is 11.9. The van der Waals surface area contributed by atoms with Gasteiger partial charge in [-0.15, -0.1) is 0 Å². The first kappa shape index (κ1) is 13.5. The van der Waals surface area contributed by atoms with Crippen LogP contribution in [0.25, 0.3) is 0 Å². The summed E-state index contributed by atoms with van der Waals surface area (Å²) in [5.74, 6) is 0.839. The molecule has 4 N–H and O–H groups in total. The molecule has 1 aromatic heterocycles. The van der Waals surface area contributed by atoms with Gasteiger partial charge in [0.2, 0.25) is 0 Å². The van der Waals surface area contributed by atoms with Crippen LogP contribution >= 0.6 is 15.9 Å². The second kappa shape index (κ2) is 5.79. The molecular weight excluding hydrogens is 310 g/mol. The second-order valence-corrected chi connectivity index (χ2v) is 4.86. The third kappa shape index (κ3) is 3.75. The summed E-state index contributed by atoms with van der Waals surface area (Å²) < 4.78 is 6.18. The van der Waals surface area contributed by atoms with Crippen molar-refractivity contribution in [2.24, 2.45) is 5.73 Å². The number of amides is 2. The molecule has 100 valence electrons. The number of carbonyl (C=O) groups is 1. The molecule has 0 saturated carbocycles. The van der Waals surface area contributed by atoms with Crippen molar-refractivity contribution in [1.82, 2.24) is 0 Å². The van der Waals surface area contributed by atoms with E-state index in [0.717, 1.165) is 11.4 Å². The number of urea groups is 1. The van der Waals surface area contributed by atoms with E-state index in [1.54, 1.807) is 12.1 Å². The minimum absolute atomic E-state index is 0.0428. The molecule has 2 rings (SSSR count). The summed E-state index contributed by atoms with van der Waals surface area (Å²) in [6.45, 7) is 2.00. The van der Waals surface area contributed by atoms with Gasteiger partial charge in [0.1, 0.15) is 5.76 Å². The fourth-order valence-electron chi connectivity index (χ4n) is 1.67. The number of carbonyl (C=O) groups excluding carboxylic acids is 1. The van der Waals surface area contributed by atoms with Crippen LogP contribution in [-0.2, 0) is 0 Å². The lowest BCUT2D eigenvalue weighted by atomic mass is 10.2. The normalized spacial score (nSPS) is 11.9. The van der Waals surface area contributed by atoms with Crippen LogP contribution in [0.3, 0.4) is 0 Å². The molecule has 6 heteroatoms. The van der Waals surface area contributed by atoms with Crippen LogP contribution in [0, 0.1) is 0 Å². The van der Waals surface area contributed by atoms with E-state index in [1.165, 1.54) is 0 Å². The highest BCUT2D eigenvalue weighted by Gasteiger charge is 2.09. The molecule has 0 spiro atoms. The second-order valence-electron chi connectivity index (χ2n) is 4.07. The molecule has 0 radical (unpaired) electrons. The molecule has 1 heterocycles. The van der Waals surface area contributed by atoms with Gasteiger partial charge in [-0.3, -0.25) is 0 Å². The monoisotopic (exact) mass is 323 g/mol. The van der Waals surface area contributed by atoms with Crippen LogP contribution in [-0.4, -0.2) is 6.03 Å². The van der Waals surface area contributed by atoms with E-state index >= 15 is 0 Å². The number of primary amides is 1. The van der Waals surface area contributed by atoms with Crippen LogP contribution in [0.15, 0.2) is 45.5 Å². The van der Waals surface area contributed by atoms with Crippen molar-refractivity contribution in [2.75, 3.05) is 10.6 Å². The van der Waals surface area contributed by atoms with Gasteiger partial charge in [-0.05, 0) is 59.3 Å². The highest BCUT2D eigenvalue weighted by molar-refractivity contribution is 9.10. The molecule has 5 nitrogen and oxygen atoms in total. The van der Waals surface area contributed by atoms with E-state index in [9.17, 15) is 4.79 Å². The van der Waals surface area contributed by atoms with Crippen molar-refractivity contribution in [3.63, 3.8) is 0 Å². The minimum atomic E-state index is -0.575. The Morgan fingerprint density at radius 3 is 2.37 bits per heavy atom. The van der Waals surface area contributed by atoms with Gasteiger partial charge >= 0.3 is 6.03 Å². The third-order valence-corrected chi connectivity index (χ3v) is 2.98. The molecule has 1 aromatic carbocycles. The summed E-state index contributed by atoms with van der Waals surface area (Å²) in [5.41, 5.74) is 6.62. The first-order valence-electron chi connectivity index (χ1n) is 5.73. The van der Waals surface area contributed by atoms with Crippen LogP contribution in [0.4, 0.5) is 16.2 Å². The summed E-state index contributed by atoms with van der Waals surface area (Å²) in [6, 6.07) is 10.5.